The zero-order chi connectivity index (χ0) is 11.5. The van der Waals surface area contributed by atoms with Crippen LogP contribution in [0.15, 0.2) is 0 Å². The predicted octanol–water partition coefficient (Wildman–Crippen LogP) is 3.35. The van der Waals surface area contributed by atoms with Crippen molar-refractivity contribution in [3.05, 3.63) is 0 Å². The van der Waals surface area contributed by atoms with Crippen LogP contribution in [0.5, 0.6) is 0 Å². The van der Waals surface area contributed by atoms with E-state index in [9.17, 15) is 13.2 Å². The Morgan fingerprint density at radius 1 is 1.20 bits per heavy atom. The molecule has 1 fully saturated rings. The molecule has 0 amide bonds. The van der Waals surface area contributed by atoms with Crippen LogP contribution in [-0.2, 0) is 0 Å². The number of alkyl halides is 3. The van der Waals surface area contributed by atoms with Crippen LogP contribution in [0.2, 0.25) is 0 Å². The van der Waals surface area contributed by atoms with Crippen LogP contribution in [0, 0.1) is 11.8 Å². The Kier molecular flexibility index (Phi) is 4.44. The van der Waals surface area contributed by atoms with Gasteiger partial charge in [-0.15, -0.1) is 0 Å². The van der Waals surface area contributed by atoms with E-state index in [0.717, 1.165) is 6.42 Å². The number of hydrogen-bond donors (Lipinski definition) is 1. The summed E-state index contributed by atoms with van der Waals surface area (Å²) in [5.41, 5.74) is 0. The Morgan fingerprint density at radius 3 is 2.33 bits per heavy atom. The predicted molar refractivity (Wildman–Crippen MR) is 54.6 cm³/mol. The lowest BCUT2D eigenvalue weighted by Gasteiger charge is -2.34. The fourth-order valence-corrected chi connectivity index (χ4v) is 2.15. The molecule has 0 aromatic heterocycles. The normalized spacial score (nSPS) is 28.4. The number of nitrogens with one attached hydrogen (secondary N) is 1. The van der Waals surface area contributed by atoms with E-state index in [1.165, 1.54) is 0 Å². The molecular formula is C11H20F3N. The van der Waals surface area contributed by atoms with Crippen LogP contribution in [0.25, 0.3) is 0 Å². The Morgan fingerprint density at radius 2 is 1.80 bits per heavy atom. The van der Waals surface area contributed by atoms with Gasteiger partial charge in [0.1, 0.15) is 0 Å². The van der Waals surface area contributed by atoms with Crippen molar-refractivity contribution in [2.75, 3.05) is 6.54 Å². The highest BCUT2D eigenvalue weighted by Crippen LogP contribution is 2.37. The van der Waals surface area contributed by atoms with Crippen molar-refractivity contribution < 1.29 is 13.2 Å². The minimum Gasteiger partial charge on any atom is -0.313 e. The molecule has 0 heterocycles. The SMILES string of the molecule is CC(C)CNC1CCCCC1C(F)(F)F. The zero-order valence-electron chi connectivity index (χ0n) is 9.40. The molecule has 2 atom stereocenters. The fourth-order valence-electron chi connectivity index (χ4n) is 2.15. The summed E-state index contributed by atoms with van der Waals surface area (Å²) in [6.45, 7) is 4.70. The third kappa shape index (κ3) is 4.01. The van der Waals surface area contributed by atoms with Gasteiger partial charge in [0.15, 0.2) is 0 Å². The minimum absolute atomic E-state index is 0.291. The van der Waals surface area contributed by atoms with Crippen molar-refractivity contribution in [2.24, 2.45) is 11.8 Å². The Hall–Kier alpha value is -0.250. The number of halogens is 3. The van der Waals surface area contributed by atoms with Gasteiger partial charge >= 0.3 is 6.18 Å². The van der Waals surface area contributed by atoms with E-state index in [4.69, 9.17) is 0 Å². The van der Waals surface area contributed by atoms with Crippen molar-refractivity contribution in [1.82, 2.24) is 5.32 Å². The van der Waals surface area contributed by atoms with E-state index in [2.05, 4.69) is 5.32 Å². The summed E-state index contributed by atoms with van der Waals surface area (Å²) in [6, 6.07) is -0.360. The molecule has 1 aliphatic carbocycles. The maximum absolute atomic E-state index is 12.7. The lowest BCUT2D eigenvalue weighted by atomic mass is 9.84. The van der Waals surface area contributed by atoms with Gasteiger partial charge in [0.05, 0.1) is 5.92 Å². The van der Waals surface area contributed by atoms with Gasteiger partial charge in [-0.2, -0.15) is 13.2 Å². The molecule has 0 radical (unpaired) electrons. The van der Waals surface area contributed by atoms with Crippen LogP contribution in [0.3, 0.4) is 0 Å². The summed E-state index contributed by atoms with van der Waals surface area (Å²) >= 11 is 0. The first-order valence-electron chi connectivity index (χ1n) is 5.71. The van der Waals surface area contributed by atoms with E-state index >= 15 is 0 Å². The monoisotopic (exact) mass is 223 g/mol. The average Bonchev–Trinajstić information content (AvgIpc) is 2.13. The Bertz CT molecular complexity index is 189. The van der Waals surface area contributed by atoms with Gasteiger partial charge in [0.2, 0.25) is 0 Å². The molecule has 15 heavy (non-hydrogen) atoms. The molecule has 1 N–H and O–H groups in total. The Labute approximate surface area is 89.4 Å². The molecule has 1 rings (SSSR count). The smallest absolute Gasteiger partial charge is 0.313 e. The van der Waals surface area contributed by atoms with Crippen LogP contribution in [-0.4, -0.2) is 18.8 Å². The zero-order valence-corrected chi connectivity index (χ0v) is 9.40. The second-order valence-corrected chi connectivity index (χ2v) is 4.84. The first-order chi connectivity index (χ1) is 6.91. The second kappa shape index (κ2) is 5.19. The maximum Gasteiger partial charge on any atom is 0.393 e. The summed E-state index contributed by atoms with van der Waals surface area (Å²) in [5.74, 6) is -0.731. The molecule has 0 aromatic rings. The molecule has 0 aliphatic heterocycles. The van der Waals surface area contributed by atoms with E-state index in [0.29, 0.717) is 31.7 Å². The van der Waals surface area contributed by atoms with Crippen molar-refractivity contribution in [2.45, 2.75) is 51.7 Å². The van der Waals surface area contributed by atoms with Gasteiger partial charge in [-0.1, -0.05) is 26.7 Å². The molecule has 4 heteroatoms. The summed E-state index contributed by atoms with van der Waals surface area (Å²) in [7, 11) is 0. The van der Waals surface area contributed by atoms with Crippen molar-refractivity contribution in [1.29, 1.82) is 0 Å². The minimum atomic E-state index is -4.03. The molecule has 0 spiro atoms. The quantitative estimate of drug-likeness (QED) is 0.773. The Balaban J connectivity index is 2.50. The summed E-state index contributed by atoms with van der Waals surface area (Å²) in [4.78, 5) is 0. The first kappa shape index (κ1) is 12.8. The largest absolute Gasteiger partial charge is 0.393 e. The molecule has 1 aliphatic rings. The van der Waals surface area contributed by atoms with Gasteiger partial charge in [0.25, 0.3) is 0 Å². The van der Waals surface area contributed by atoms with Crippen molar-refractivity contribution >= 4 is 0 Å². The standard InChI is InChI=1S/C11H20F3N/c1-8(2)7-15-10-6-4-3-5-9(10)11(12,13)14/h8-10,15H,3-7H2,1-2H3. The highest BCUT2D eigenvalue weighted by molar-refractivity contribution is 4.85. The lowest BCUT2D eigenvalue weighted by Crippen LogP contribution is -2.46. The van der Waals surface area contributed by atoms with E-state index in [1.54, 1.807) is 0 Å². The molecule has 1 nitrogen and oxygen atoms in total. The van der Waals surface area contributed by atoms with Crippen molar-refractivity contribution in [3.63, 3.8) is 0 Å². The van der Waals surface area contributed by atoms with Crippen LogP contribution in [0.4, 0.5) is 13.2 Å². The second-order valence-electron chi connectivity index (χ2n) is 4.84. The molecule has 1 saturated carbocycles. The van der Waals surface area contributed by atoms with Crippen LogP contribution < -0.4 is 5.32 Å². The average molecular weight is 223 g/mol. The summed E-state index contributed by atoms with van der Waals surface area (Å²) in [6.07, 6.45) is -1.45. The third-order valence-corrected chi connectivity index (χ3v) is 2.97. The van der Waals surface area contributed by atoms with E-state index < -0.39 is 12.1 Å². The lowest BCUT2D eigenvalue weighted by molar-refractivity contribution is -0.189. The number of rotatable bonds is 3. The first-order valence-corrected chi connectivity index (χ1v) is 5.71. The molecule has 2 unspecified atom stereocenters. The topological polar surface area (TPSA) is 12.0 Å². The van der Waals surface area contributed by atoms with Gasteiger partial charge in [-0.3, -0.25) is 0 Å². The number of hydrogen-bond acceptors (Lipinski definition) is 1. The molecule has 0 aromatic carbocycles. The summed E-state index contributed by atoms with van der Waals surface area (Å²) < 4.78 is 38.0. The highest BCUT2D eigenvalue weighted by Gasteiger charge is 2.45. The highest BCUT2D eigenvalue weighted by atomic mass is 19.4. The van der Waals surface area contributed by atoms with Crippen LogP contribution >= 0.6 is 0 Å². The van der Waals surface area contributed by atoms with Gasteiger partial charge in [-0.25, -0.2) is 0 Å². The molecular weight excluding hydrogens is 203 g/mol. The maximum atomic E-state index is 12.7. The fraction of sp³-hybridized carbons (Fsp3) is 1.00. The van der Waals surface area contributed by atoms with Gasteiger partial charge < -0.3 is 5.32 Å². The van der Waals surface area contributed by atoms with Gasteiger partial charge in [0, 0.05) is 6.04 Å². The van der Waals surface area contributed by atoms with Crippen molar-refractivity contribution in [3.8, 4) is 0 Å². The molecule has 0 saturated heterocycles. The van der Waals surface area contributed by atoms with E-state index in [-0.39, 0.29) is 6.04 Å². The third-order valence-electron chi connectivity index (χ3n) is 2.97. The molecule has 90 valence electrons. The van der Waals surface area contributed by atoms with Crippen LogP contribution in [0.1, 0.15) is 39.5 Å². The van der Waals surface area contributed by atoms with Gasteiger partial charge in [-0.05, 0) is 25.3 Å². The molecule has 0 bridgehead atoms. The van der Waals surface area contributed by atoms with E-state index in [1.807, 2.05) is 13.8 Å². The summed E-state index contributed by atoms with van der Waals surface area (Å²) in [5, 5.41) is 3.06.